The first-order valence-electron chi connectivity index (χ1n) is 2.62. The maximum atomic E-state index is 2.49. The monoisotopic (exact) mass is 83.1 g/mol. The van der Waals surface area contributed by atoms with E-state index in [1.807, 2.05) is 0 Å². The summed E-state index contributed by atoms with van der Waals surface area (Å²) < 4.78 is 0. The molecule has 0 bridgehead atoms. The van der Waals surface area contributed by atoms with Crippen LogP contribution in [0.4, 0.5) is 0 Å². The molecule has 1 heteroatoms. The van der Waals surface area contributed by atoms with Crippen LogP contribution < -0.4 is 0 Å². The van der Waals surface area contributed by atoms with Gasteiger partial charge < -0.3 is 0 Å². The van der Waals surface area contributed by atoms with E-state index in [2.05, 4.69) is 11.8 Å². The second-order valence-electron chi connectivity index (χ2n) is 2.43. The zero-order valence-electron chi connectivity index (χ0n) is 4.07. The first-order valence-corrected chi connectivity index (χ1v) is 2.62. The molecule has 0 N–H and O–H groups in total. The van der Waals surface area contributed by atoms with Crippen molar-refractivity contribution in [1.29, 1.82) is 0 Å². The van der Waals surface area contributed by atoms with Gasteiger partial charge in [-0.1, -0.05) is 6.92 Å². The van der Waals surface area contributed by atoms with Crippen LogP contribution in [0.3, 0.4) is 0 Å². The molecule has 34 valence electrons. The van der Waals surface area contributed by atoms with Crippen molar-refractivity contribution in [2.24, 2.45) is 0 Å². The minimum Gasteiger partial charge on any atom is -0.291 e. The van der Waals surface area contributed by atoms with E-state index in [4.69, 9.17) is 0 Å². The number of hydrogen-bond donors (Lipinski definition) is 0. The van der Waals surface area contributed by atoms with E-state index in [1.165, 1.54) is 19.5 Å². The lowest BCUT2D eigenvalue weighted by molar-refractivity contribution is 0.796. The Balaban J connectivity index is 2.10. The van der Waals surface area contributed by atoms with Crippen LogP contribution in [0, 0.1) is 0 Å². The maximum Gasteiger partial charge on any atom is 0.0462 e. The highest BCUT2D eigenvalue weighted by atomic mass is 15.5. The van der Waals surface area contributed by atoms with Gasteiger partial charge in [-0.05, 0) is 6.42 Å². The van der Waals surface area contributed by atoms with E-state index in [0.29, 0.717) is 0 Å². The summed E-state index contributed by atoms with van der Waals surface area (Å²) in [5, 5.41) is 0. The third kappa shape index (κ3) is 0.155. The van der Waals surface area contributed by atoms with Crippen molar-refractivity contribution in [2.45, 2.75) is 18.9 Å². The molecular formula is C5H9N. The lowest BCUT2D eigenvalue weighted by Gasteiger charge is -1.84. The van der Waals surface area contributed by atoms with Gasteiger partial charge in [0.2, 0.25) is 0 Å². The largest absolute Gasteiger partial charge is 0.291 e. The molecule has 0 amide bonds. The van der Waals surface area contributed by atoms with Crippen LogP contribution in [-0.2, 0) is 0 Å². The van der Waals surface area contributed by atoms with E-state index in [1.54, 1.807) is 0 Å². The molecule has 2 heterocycles. The van der Waals surface area contributed by atoms with Gasteiger partial charge in [-0.3, -0.25) is 4.90 Å². The van der Waals surface area contributed by atoms with Crippen LogP contribution in [0.5, 0.6) is 0 Å². The fourth-order valence-electron chi connectivity index (χ4n) is 1.04. The van der Waals surface area contributed by atoms with Crippen molar-refractivity contribution in [3.8, 4) is 0 Å². The van der Waals surface area contributed by atoms with Gasteiger partial charge in [0.25, 0.3) is 0 Å². The van der Waals surface area contributed by atoms with Crippen molar-refractivity contribution >= 4 is 0 Å². The molecule has 0 unspecified atom stereocenters. The van der Waals surface area contributed by atoms with Crippen molar-refractivity contribution in [3.05, 3.63) is 0 Å². The van der Waals surface area contributed by atoms with Crippen molar-refractivity contribution < 1.29 is 0 Å². The third-order valence-corrected chi connectivity index (χ3v) is 2.09. The predicted molar refractivity (Wildman–Crippen MR) is 24.6 cm³/mol. The first-order chi connectivity index (χ1) is 2.87. The van der Waals surface area contributed by atoms with Crippen LogP contribution in [0.15, 0.2) is 0 Å². The van der Waals surface area contributed by atoms with Crippen LogP contribution >= 0.6 is 0 Å². The molecule has 1 nitrogen and oxygen atoms in total. The lowest BCUT2D eigenvalue weighted by atomic mass is 10.2. The maximum absolute atomic E-state index is 2.49. The number of rotatable bonds is 1. The molecular weight excluding hydrogens is 74.1 g/mol. The van der Waals surface area contributed by atoms with E-state index >= 15 is 0 Å². The highest BCUT2D eigenvalue weighted by Crippen LogP contribution is 2.50. The van der Waals surface area contributed by atoms with Crippen LogP contribution in [0.1, 0.15) is 13.3 Å². The summed E-state index contributed by atoms with van der Waals surface area (Å²) in [6.07, 6.45) is 1.38. The van der Waals surface area contributed by atoms with Gasteiger partial charge in [0.15, 0.2) is 0 Å². The van der Waals surface area contributed by atoms with Crippen molar-refractivity contribution in [2.75, 3.05) is 13.1 Å². The average Bonchev–Trinajstić information content (AvgIpc) is 2.12. The van der Waals surface area contributed by atoms with Crippen LogP contribution in [-0.4, -0.2) is 23.5 Å². The third-order valence-electron chi connectivity index (χ3n) is 2.09. The standard InChI is InChI=1S/C5H9N/c1-2-5-3-6(5)4-5/h2-4H2,1H3. The predicted octanol–water partition coefficient (Wildman–Crippen LogP) is 0.464. The van der Waals surface area contributed by atoms with Gasteiger partial charge in [0, 0.05) is 18.6 Å². The Bertz CT molecular complexity index is 81.9. The Morgan fingerprint density at radius 2 is 2.17 bits per heavy atom. The van der Waals surface area contributed by atoms with E-state index < -0.39 is 0 Å². The quantitative estimate of drug-likeness (QED) is 0.416. The topological polar surface area (TPSA) is 3.01 Å². The molecule has 0 atom stereocenters. The Labute approximate surface area is 37.9 Å². The smallest absolute Gasteiger partial charge is 0.0462 e. The summed E-state index contributed by atoms with van der Waals surface area (Å²) >= 11 is 0. The van der Waals surface area contributed by atoms with Gasteiger partial charge in [-0.2, -0.15) is 0 Å². The van der Waals surface area contributed by atoms with E-state index in [9.17, 15) is 0 Å². The van der Waals surface area contributed by atoms with Crippen molar-refractivity contribution in [3.63, 3.8) is 0 Å². The summed E-state index contributed by atoms with van der Waals surface area (Å²) in [5.41, 5.74) is 0.792. The molecule has 6 heavy (non-hydrogen) atoms. The zero-order valence-corrected chi connectivity index (χ0v) is 4.07. The first kappa shape index (κ1) is 3.03. The number of hydrogen-bond acceptors (Lipinski definition) is 1. The van der Waals surface area contributed by atoms with E-state index in [0.717, 1.165) is 5.54 Å². The SMILES string of the molecule is CCC12CN1C2. The molecule has 2 aliphatic rings. The Morgan fingerprint density at radius 1 is 1.67 bits per heavy atom. The average molecular weight is 83.1 g/mol. The Kier molecular flexibility index (Phi) is 0.274. The summed E-state index contributed by atoms with van der Waals surface area (Å²) in [5.74, 6) is 0. The molecule has 2 aliphatic heterocycles. The Hall–Kier alpha value is -0.0400. The second kappa shape index (κ2) is 0.544. The fourth-order valence-corrected chi connectivity index (χ4v) is 1.04. The van der Waals surface area contributed by atoms with Gasteiger partial charge in [-0.15, -0.1) is 0 Å². The van der Waals surface area contributed by atoms with E-state index in [-0.39, 0.29) is 0 Å². The van der Waals surface area contributed by atoms with Gasteiger partial charge in [-0.25, -0.2) is 0 Å². The zero-order chi connectivity index (χ0) is 4.20. The summed E-state index contributed by atoms with van der Waals surface area (Å²) in [6, 6.07) is 0. The molecule has 0 saturated carbocycles. The highest BCUT2D eigenvalue weighted by Gasteiger charge is 2.65. The molecule has 0 aliphatic carbocycles. The summed E-state index contributed by atoms with van der Waals surface area (Å²) in [4.78, 5) is 2.49. The van der Waals surface area contributed by atoms with Crippen LogP contribution in [0.25, 0.3) is 0 Å². The molecule has 2 saturated heterocycles. The fraction of sp³-hybridized carbons (Fsp3) is 1.00. The molecule has 0 aromatic heterocycles. The van der Waals surface area contributed by atoms with Crippen LogP contribution in [0.2, 0.25) is 0 Å². The van der Waals surface area contributed by atoms with Gasteiger partial charge >= 0.3 is 0 Å². The second-order valence-corrected chi connectivity index (χ2v) is 2.43. The molecule has 0 aromatic rings. The number of fused-ring (bicyclic) bond motifs is 1. The Morgan fingerprint density at radius 3 is 2.17 bits per heavy atom. The van der Waals surface area contributed by atoms with Crippen molar-refractivity contribution in [1.82, 2.24) is 4.90 Å². The minimum atomic E-state index is 0.792. The molecule has 2 fully saturated rings. The van der Waals surface area contributed by atoms with Gasteiger partial charge in [0.1, 0.15) is 0 Å². The molecule has 0 radical (unpaired) electrons. The normalized spacial score (nSPS) is 60.5. The number of nitrogens with zero attached hydrogens (tertiary/aromatic N) is 1. The molecule has 0 spiro atoms. The molecule has 0 aromatic carbocycles. The van der Waals surface area contributed by atoms with Gasteiger partial charge in [0.05, 0.1) is 0 Å². The minimum absolute atomic E-state index is 0.792. The molecule has 2 rings (SSSR count). The highest BCUT2D eigenvalue weighted by molar-refractivity contribution is 5.23. The summed E-state index contributed by atoms with van der Waals surface area (Å²) in [6.45, 7) is 5.08. The lowest BCUT2D eigenvalue weighted by Crippen LogP contribution is -1.97. The summed E-state index contributed by atoms with van der Waals surface area (Å²) in [7, 11) is 0.